The van der Waals surface area contributed by atoms with Crippen molar-refractivity contribution in [2.24, 2.45) is 23.7 Å². The number of hydrogen-bond donors (Lipinski definition) is 2. The fourth-order valence-electron chi connectivity index (χ4n) is 4.53. The first-order valence-corrected chi connectivity index (χ1v) is 8.26. The molecule has 1 aliphatic heterocycles. The highest BCUT2D eigenvalue weighted by atomic mass is 16.5. The zero-order valence-electron chi connectivity index (χ0n) is 12.2. The van der Waals surface area contributed by atoms with Crippen molar-refractivity contribution in [3.05, 3.63) is 0 Å². The average molecular weight is 281 g/mol. The average Bonchev–Trinajstić information content (AvgIpc) is 3.07. The van der Waals surface area contributed by atoms with Gasteiger partial charge in [0.25, 0.3) is 0 Å². The summed E-state index contributed by atoms with van der Waals surface area (Å²) in [5.41, 5.74) is 0. The fourth-order valence-corrected chi connectivity index (χ4v) is 4.53. The third-order valence-electron chi connectivity index (χ3n) is 5.66. The number of hydrogen-bond acceptors (Lipinski definition) is 3. The summed E-state index contributed by atoms with van der Waals surface area (Å²) >= 11 is 0. The fraction of sp³-hybridized carbons (Fsp3) is 0.938. The Labute approximate surface area is 121 Å². The highest BCUT2D eigenvalue weighted by Crippen LogP contribution is 2.48. The third kappa shape index (κ3) is 3.01. The molecule has 1 heterocycles. The highest BCUT2D eigenvalue weighted by Gasteiger charge is 2.47. The topological polar surface area (TPSA) is 58.6 Å². The molecule has 1 amide bonds. The van der Waals surface area contributed by atoms with E-state index in [0.29, 0.717) is 30.1 Å². The molecule has 0 aromatic carbocycles. The summed E-state index contributed by atoms with van der Waals surface area (Å²) in [6.07, 6.45) is 7.54. The number of fused-ring (bicyclic) bond motifs is 2. The van der Waals surface area contributed by atoms with Gasteiger partial charge in [0, 0.05) is 38.2 Å². The lowest BCUT2D eigenvalue weighted by atomic mass is 9.85. The minimum absolute atomic E-state index is 0.173. The molecule has 4 heteroatoms. The number of aliphatic hydroxyl groups is 1. The van der Waals surface area contributed by atoms with Crippen LogP contribution in [0.15, 0.2) is 0 Å². The van der Waals surface area contributed by atoms with Crippen LogP contribution < -0.4 is 5.32 Å². The first kappa shape index (κ1) is 14.3. The number of carbonyl (C=O) groups excluding carboxylic acids is 1. The van der Waals surface area contributed by atoms with E-state index in [0.717, 1.165) is 26.1 Å². The Morgan fingerprint density at radius 1 is 1.25 bits per heavy atom. The van der Waals surface area contributed by atoms with Gasteiger partial charge in [-0.3, -0.25) is 4.79 Å². The van der Waals surface area contributed by atoms with Crippen LogP contribution in [0.2, 0.25) is 0 Å². The predicted octanol–water partition coefficient (Wildman–Crippen LogP) is 1.72. The molecular weight excluding hydrogens is 254 g/mol. The summed E-state index contributed by atoms with van der Waals surface area (Å²) in [5.74, 6) is 2.28. The molecule has 5 unspecified atom stereocenters. The van der Waals surface area contributed by atoms with Gasteiger partial charge in [0.1, 0.15) is 0 Å². The molecule has 2 saturated carbocycles. The van der Waals surface area contributed by atoms with Crippen molar-refractivity contribution in [2.45, 2.75) is 51.0 Å². The molecule has 3 fully saturated rings. The van der Waals surface area contributed by atoms with E-state index in [4.69, 9.17) is 4.74 Å². The van der Waals surface area contributed by atoms with E-state index < -0.39 is 0 Å². The summed E-state index contributed by atoms with van der Waals surface area (Å²) in [6.45, 7) is 1.93. The Morgan fingerprint density at radius 2 is 2.10 bits per heavy atom. The number of ether oxygens (including phenoxy) is 1. The Kier molecular flexibility index (Phi) is 4.61. The van der Waals surface area contributed by atoms with Crippen molar-refractivity contribution in [3.8, 4) is 0 Å². The molecule has 20 heavy (non-hydrogen) atoms. The van der Waals surface area contributed by atoms with E-state index in [1.807, 2.05) is 0 Å². The number of rotatable bonds is 5. The highest BCUT2D eigenvalue weighted by molar-refractivity contribution is 5.76. The van der Waals surface area contributed by atoms with E-state index in [9.17, 15) is 9.90 Å². The molecule has 2 aliphatic carbocycles. The lowest BCUT2D eigenvalue weighted by Gasteiger charge is -2.30. The lowest BCUT2D eigenvalue weighted by molar-refractivity contribution is -0.123. The van der Waals surface area contributed by atoms with Gasteiger partial charge >= 0.3 is 0 Å². The van der Waals surface area contributed by atoms with Gasteiger partial charge in [0.05, 0.1) is 0 Å². The summed E-state index contributed by atoms with van der Waals surface area (Å²) < 4.78 is 5.46. The minimum atomic E-state index is 0.173. The first-order chi connectivity index (χ1) is 9.78. The molecule has 0 aromatic rings. The zero-order valence-corrected chi connectivity index (χ0v) is 12.2. The first-order valence-electron chi connectivity index (χ1n) is 8.26. The Balaban J connectivity index is 1.44. The minimum Gasteiger partial charge on any atom is -0.396 e. The molecule has 1 saturated heterocycles. The number of carbonyl (C=O) groups is 1. The molecule has 3 aliphatic rings. The van der Waals surface area contributed by atoms with Gasteiger partial charge in [-0.2, -0.15) is 0 Å². The van der Waals surface area contributed by atoms with Crippen molar-refractivity contribution in [3.63, 3.8) is 0 Å². The molecule has 5 atom stereocenters. The summed E-state index contributed by atoms with van der Waals surface area (Å²) in [6, 6.07) is 0.230. The summed E-state index contributed by atoms with van der Waals surface area (Å²) in [4.78, 5) is 12.1. The zero-order chi connectivity index (χ0) is 13.9. The molecule has 2 N–H and O–H groups in total. The number of aliphatic hydroxyl groups excluding tert-OH is 1. The Morgan fingerprint density at radius 3 is 2.85 bits per heavy atom. The van der Waals surface area contributed by atoms with Gasteiger partial charge in [-0.05, 0) is 56.3 Å². The van der Waals surface area contributed by atoms with E-state index in [1.165, 1.54) is 25.7 Å². The van der Waals surface area contributed by atoms with Gasteiger partial charge in [0.15, 0.2) is 0 Å². The molecule has 4 nitrogen and oxygen atoms in total. The van der Waals surface area contributed by atoms with E-state index in [-0.39, 0.29) is 18.6 Å². The molecule has 2 bridgehead atoms. The van der Waals surface area contributed by atoms with E-state index >= 15 is 0 Å². The maximum Gasteiger partial charge on any atom is 0.220 e. The van der Waals surface area contributed by atoms with Crippen LogP contribution in [0.5, 0.6) is 0 Å². The van der Waals surface area contributed by atoms with Crippen molar-refractivity contribution in [1.29, 1.82) is 0 Å². The molecule has 0 spiro atoms. The van der Waals surface area contributed by atoms with Crippen LogP contribution in [0.1, 0.15) is 44.9 Å². The van der Waals surface area contributed by atoms with Gasteiger partial charge < -0.3 is 15.2 Å². The largest absolute Gasteiger partial charge is 0.396 e. The second-order valence-electron chi connectivity index (χ2n) is 6.89. The van der Waals surface area contributed by atoms with Crippen molar-refractivity contribution in [2.75, 3.05) is 19.8 Å². The smallest absolute Gasteiger partial charge is 0.220 e. The second-order valence-corrected chi connectivity index (χ2v) is 6.89. The monoisotopic (exact) mass is 281 g/mol. The van der Waals surface area contributed by atoms with Crippen LogP contribution in [0.3, 0.4) is 0 Å². The molecule has 114 valence electrons. The van der Waals surface area contributed by atoms with Gasteiger partial charge in [0.2, 0.25) is 5.91 Å². The van der Waals surface area contributed by atoms with Crippen LogP contribution >= 0.6 is 0 Å². The molecular formula is C16H27NO3. The molecule has 0 aromatic heterocycles. The van der Waals surface area contributed by atoms with Crippen molar-refractivity contribution >= 4 is 5.91 Å². The van der Waals surface area contributed by atoms with E-state index in [2.05, 4.69) is 5.32 Å². The van der Waals surface area contributed by atoms with Crippen LogP contribution in [-0.2, 0) is 9.53 Å². The van der Waals surface area contributed by atoms with Gasteiger partial charge in [-0.25, -0.2) is 0 Å². The van der Waals surface area contributed by atoms with E-state index in [1.54, 1.807) is 0 Å². The second kappa shape index (κ2) is 6.44. The standard InChI is InChI=1S/C16H27NO3/c18-9-14-12-4-5-13(8-12)16(14)17-15(19)6-3-11-2-1-7-20-10-11/h11-14,16,18H,1-10H2,(H,17,19). The predicted molar refractivity (Wildman–Crippen MR) is 76.1 cm³/mol. The van der Waals surface area contributed by atoms with Crippen molar-refractivity contribution < 1.29 is 14.6 Å². The van der Waals surface area contributed by atoms with Crippen LogP contribution in [-0.4, -0.2) is 36.9 Å². The van der Waals surface area contributed by atoms with Gasteiger partial charge in [-0.1, -0.05) is 0 Å². The number of amides is 1. The Bertz CT molecular complexity index is 341. The SMILES string of the molecule is O=C(CCC1CCCOC1)NC1C2CCC(C2)C1CO. The van der Waals surface area contributed by atoms with Crippen molar-refractivity contribution in [1.82, 2.24) is 5.32 Å². The van der Waals surface area contributed by atoms with Crippen LogP contribution in [0.25, 0.3) is 0 Å². The third-order valence-corrected chi connectivity index (χ3v) is 5.66. The quantitative estimate of drug-likeness (QED) is 0.806. The van der Waals surface area contributed by atoms with Crippen LogP contribution in [0.4, 0.5) is 0 Å². The van der Waals surface area contributed by atoms with Crippen LogP contribution in [0, 0.1) is 23.7 Å². The Hall–Kier alpha value is -0.610. The molecule has 3 rings (SSSR count). The maximum atomic E-state index is 12.1. The summed E-state index contributed by atoms with van der Waals surface area (Å²) in [5, 5.41) is 12.7. The van der Waals surface area contributed by atoms with Gasteiger partial charge in [-0.15, -0.1) is 0 Å². The summed E-state index contributed by atoms with van der Waals surface area (Å²) in [7, 11) is 0. The lowest BCUT2D eigenvalue weighted by Crippen LogP contribution is -2.45. The number of nitrogens with one attached hydrogen (secondary N) is 1. The maximum absolute atomic E-state index is 12.1. The molecule has 0 radical (unpaired) electrons. The normalized spacial score (nSPS) is 40.0.